The van der Waals surface area contributed by atoms with Gasteiger partial charge in [-0.3, -0.25) is 10.4 Å². The highest BCUT2D eigenvalue weighted by Crippen LogP contribution is 2.09. The van der Waals surface area contributed by atoms with Crippen molar-refractivity contribution in [3.63, 3.8) is 0 Å². The van der Waals surface area contributed by atoms with Crippen LogP contribution in [-0.4, -0.2) is 16.7 Å². The molecular weight excluding hydrogens is 273 g/mol. The molecule has 1 aromatic heterocycles. The molecule has 0 unspecified atom stereocenters. The summed E-state index contributed by atoms with van der Waals surface area (Å²) in [6.45, 7) is 0.108. The Bertz CT molecular complexity index is 691. The number of nitrogens with one attached hydrogen (secondary N) is 1. The largest absolute Gasteiger partial charge is 0.396 e. The molecule has 2 aromatic rings. The SMILES string of the molecule is N=C(N)C(N)=CC(=NCc1ccccc1F)c1ccon1. The number of nitrogens with two attached hydrogens (primary N) is 2. The van der Waals surface area contributed by atoms with Crippen molar-refractivity contribution in [2.24, 2.45) is 16.5 Å². The Morgan fingerprint density at radius 3 is 2.71 bits per heavy atom. The van der Waals surface area contributed by atoms with Crippen LogP contribution in [0.15, 0.2) is 57.9 Å². The van der Waals surface area contributed by atoms with E-state index < -0.39 is 0 Å². The molecule has 0 aliphatic rings. The number of aliphatic imine (C=N–C) groups is 1. The van der Waals surface area contributed by atoms with Crippen LogP contribution in [0.3, 0.4) is 0 Å². The summed E-state index contributed by atoms with van der Waals surface area (Å²) >= 11 is 0. The number of benzene rings is 1. The summed E-state index contributed by atoms with van der Waals surface area (Å²) in [5.74, 6) is -0.624. The lowest BCUT2D eigenvalue weighted by Gasteiger charge is -2.02. The van der Waals surface area contributed by atoms with Crippen LogP contribution in [0, 0.1) is 11.2 Å². The van der Waals surface area contributed by atoms with E-state index in [1.807, 2.05) is 0 Å². The van der Waals surface area contributed by atoms with E-state index in [4.69, 9.17) is 21.4 Å². The number of aromatic nitrogens is 1. The molecule has 21 heavy (non-hydrogen) atoms. The van der Waals surface area contributed by atoms with Crippen LogP contribution in [0.25, 0.3) is 0 Å². The second kappa shape index (κ2) is 6.47. The van der Waals surface area contributed by atoms with Crippen LogP contribution in [-0.2, 0) is 6.54 Å². The molecule has 0 bridgehead atoms. The second-order valence-corrected chi connectivity index (χ2v) is 4.19. The molecule has 1 heterocycles. The fraction of sp³-hybridized carbons (Fsp3) is 0.0714. The van der Waals surface area contributed by atoms with Crippen molar-refractivity contribution in [1.82, 2.24) is 5.16 Å². The summed E-state index contributed by atoms with van der Waals surface area (Å²) in [5, 5.41) is 11.0. The predicted molar refractivity (Wildman–Crippen MR) is 77.3 cm³/mol. The number of rotatable bonds is 5. The van der Waals surface area contributed by atoms with Crippen molar-refractivity contribution in [3.8, 4) is 0 Å². The predicted octanol–water partition coefficient (Wildman–Crippen LogP) is 1.58. The van der Waals surface area contributed by atoms with Gasteiger partial charge in [0, 0.05) is 11.6 Å². The number of amidine groups is 1. The molecule has 0 aliphatic heterocycles. The van der Waals surface area contributed by atoms with Gasteiger partial charge < -0.3 is 16.0 Å². The van der Waals surface area contributed by atoms with E-state index >= 15 is 0 Å². The zero-order valence-electron chi connectivity index (χ0n) is 11.1. The molecule has 2 rings (SSSR count). The second-order valence-electron chi connectivity index (χ2n) is 4.19. The minimum absolute atomic E-state index is 0.0466. The van der Waals surface area contributed by atoms with Crippen LogP contribution in [0.5, 0.6) is 0 Å². The highest BCUT2D eigenvalue weighted by Gasteiger charge is 2.07. The molecule has 5 N–H and O–H groups in total. The lowest BCUT2D eigenvalue weighted by atomic mass is 10.2. The first kappa shape index (κ1) is 14.4. The van der Waals surface area contributed by atoms with Crippen molar-refractivity contribution in [3.05, 3.63) is 65.4 Å². The fourth-order valence-corrected chi connectivity index (χ4v) is 1.57. The van der Waals surface area contributed by atoms with Gasteiger partial charge in [-0.25, -0.2) is 4.39 Å². The summed E-state index contributed by atoms with van der Waals surface area (Å²) in [6.07, 6.45) is 2.78. The number of hydrogen-bond acceptors (Lipinski definition) is 5. The van der Waals surface area contributed by atoms with Crippen molar-refractivity contribution in [1.29, 1.82) is 5.41 Å². The van der Waals surface area contributed by atoms with E-state index in [9.17, 15) is 4.39 Å². The maximum atomic E-state index is 13.6. The normalized spacial score (nSPS) is 12.4. The minimum Gasteiger partial charge on any atom is -0.396 e. The van der Waals surface area contributed by atoms with E-state index in [0.717, 1.165) is 0 Å². The monoisotopic (exact) mass is 287 g/mol. The van der Waals surface area contributed by atoms with Gasteiger partial charge in [-0.2, -0.15) is 0 Å². The van der Waals surface area contributed by atoms with Gasteiger partial charge >= 0.3 is 0 Å². The van der Waals surface area contributed by atoms with Crippen molar-refractivity contribution in [2.75, 3.05) is 0 Å². The average Bonchev–Trinajstić information content (AvgIpc) is 2.98. The zero-order chi connectivity index (χ0) is 15.2. The minimum atomic E-state index is -0.343. The standard InChI is InChI=1S/C14H14FN5O/c15-10-4-2-1-3-9(10)8-19-13(7-11(16)14(17)18)12-5-6-21-20-12/h1-7H,8,16H2,(H3,17,18). The number of allylic oxidation sites excluding steroid dienone is 1. The molecule has 7 heteroatoms. The first-order valence-corrected chi connectivity index (χ1v) is 6.08. The molecule has 108 valence electrons. The van der Waals surface area contributed by atoms with Crippen molar-refractivity contribution < 1.29 is 8.91 Å². The van der Waals surface area contributed by atoms with Gasteiger partial charge in [0.25, 0.3) is 0 Å². The van der Waals surface area contributed by atoms with Crippen LogP contribution in [0.4, 0.5) is 4.39 Å². The number of nitrogens with zero attached hydrogens (tertiary/aromatic N) is 2. The Labute approximate surface area is 120 Å². The average molecular weight is 287 g/mol. The number of halogens is 1. The summed E-state index contributed by atoms with van der Waals surface area (Å²) in [5.41, 5.74) is 12.2. The maximum absolute atomic E-state index is 13.6. The quantitative estimate of drug-likeness (QED) is 0.572. The first-order chi connectivity index (χ1) is 10.1. The zero-order valence-corrected chi connectivity index (χ0v) is 11.1. The Kier molecular flexibility index (Phi) is 4.45. The van der Waals surface area contributed by atoms with Crippen LogP contribution in [0.2, 0.25) is 0 Å². The third-order valence-electron chi connectivity index (χ3n) is 2.68. The Morgan fingerprint density at radius 1 is 1.33 bits per heavy atom. The van der Waals surface area contributed by atoms with Crippen molar-refractivity contribution in [2.45, 2.75) is 6.54 Å². The highest BCUT2D eigenvalue weighted by atomic mass is 19.1. The molecule has 0 fully saturated rings. The maximum Gasteiger partial charge on any atom is 0.139 e. The first-order valence-electron chi connectivity index (χ1n) is 6.08. The Balaban J connectivity index is 2.32. The lowest BCUT2D eigenvalue weighted by molar-refractivity contribution is 0.418. The molecule has 0 radical (unpaired) electrons. The van der Waals surface area contributed by atoms with Crippen LogP contribution >= 0.6 is 0 Å². The fourth-order valence-electron chi connectivity index (χ4n) is 1.57. The van der Waals surface area contributed by atoms with Gasteiger partial charge in [0.2, 0.25) is 0 Å². The summed E-state index contributed by atoms with van der Waals surface area (Å²) < 4.78 is 18.3. The molecule has 0 saturated carbocycles. The Morgan fingerprint density at radius 2 is 2.10 bits per heavy atom. The van der Waals surface area contributed by atoms with E-state index in [2.05, 4.69) is 10.1 Å². The molecule has 1 aromatic carbocycles. The van der Waals surface area contributed by atoms with E-state index in [-0.39, 0.29) is 23.9 Å². The topological polar surface area (TPSA) is 114 Å². The summed E-state index contributed by atoms with van der Waals surface area (Å²) in [6, 6.07) is 7.92. The van der Waals surface area contributed by atoms with Gasteiger partial charge in [-0.15, -0.1) is 0 Å². The molecule has 0 spiro atoms. The molecular formula is C14H14FN5O. The third-order valence-corrected chi connectivity index (χ3v) is 2.68. The van der Waals surface area contributed by atoms with Gasteiger partial charge in [0.15, 0.2) is 0 Å². The van der Waals surface area contributed by atoms with Gasteiger partial charge in [-0.05, 0) is 12.1 Å². The van der Waals surface area contributed by atoms with E-state index in [1.54, 1.807) is 24.3 Å². The molecule has 0 aliphatic carbocycles. The molecule has 0 saturated heterocycles. The van der Waals surface area contributed by atoms with Crippen molar-refractivity contribution >= 4 is 11.5 Å². The van der Waals surface area contributed by atoms with Crippen LogP contribution in [0.1, 0.15) is 11.3 Å². The molecule has 0 amide bonds. The smallest absolute Gasteiger partial charge is 0.139 e. The highest BCUT2D eigenvalue weighted by molar-refractivity contribution is 6.11. The molecule has 0 atom stereocenters. The molecule has 6 nitrogen and oxygen atoms in total. The van der Waals surface area contributed by atoms with E-state index in [0.29, 0.717) is 17.0 Å². The van der Waals surface area contributed by atoms with Gasteiger partial charge in [0.05, 0.1) is 18.0 Å². The third kappa shape index (κ3) is 3.75. The summed E-state index contributed by atoms with van der Waals surface area (Å²) in [4.78, 5) is 4.27. The van der Waals surface area contributed by atoms with Gasteiger partial charge in [0.1, 0.15) is 23.6 Å². The van der Waals surface area contributed by atoms with Gasteiger partial charge in [-0.1, -0.05) is 23.4 Å². The van der Waals surface area contributed by atoms with E-state index in [1.165, 1.54) is 18.4 Å². The lowest BCUT2D eigenvalue weighted by Crippen LogP contribution is -2.20. The summed E-state index contributed by atoms with van der Waals surface area (Å²) in [7, 11) is 0. The van der Waals surface area contributed by atoms with Crippen LogP contribution < -0.4 is 11.5 Å². The number of hydrogen-bond donors (Lipinski definition) is 3. The Hall–Kier alpha value is -2.96.